The first-order chi connectivity index (χ1) is 8.40. The lowest BCUT2D eigenvalue weighted by atomic mass is 10.1. The van der Waals surface area contributed by atoms with Gasteiger partial charge in [-0.25, -0.2) is 9.59 Å². The van der Waals surface area contributed by atoms with Crippen molar-refractivity contribution in [1.29, 1.82) is 0 Å². The van der Waals surface area contributed by atoms with Crippen LogP contribution >= 0.6 is 0 Å². The number of primary amides is 1. The van der Waals surface area contributed by atoms with E-state index in [-0.39, 0.29) is 0 Å². The minimum absolute atomic E-state index is 0.413. The number of hydrogen-bond acceptors (Lipinski definition) is 3. The predicted octanol–water partition coefficient (Wildman–Crippen LogP) is -0.323. The van der Waals surface area contributed by atoms with Crippen LogP contribution in [-0.4, -0.2) is 47.0 Å². The summed E-state index contributed by atoms with van der Waals surface area (Å²) < 4.78 is 0. The van der Waals surface area contributed by atoms with Gasteiger partial charge in [-0.3, -0.25) is 4.79 Å². The Morgan fingerprint density at radius 3 is 2.67 bits per heavy atom. The van der Waals surface area contributed by atoms with E-state index in [4.69, 9.17) is 10.8 Å². The molecule has 0 saturated carbocycles. The fourth-order valence-corrected chi connectivity index (χ4v) is 1.60. The van der Waals surface area contributed by atoms with Crippen LogP contribution in [0.1, 0.15) is 19.8 Å². The molecule has 18 heavy (non-hydrogen) atoms. The topological polar surface area (TPSA) is 113 Å². The first-order valence-electron chi connectivity index (χ1n) is 5.62. The molecule has 0 radical (unpaired) electrons. The molecule has 1 aliphatic heterocycles. The fraction of sp³-hybridized carbons (Fsp3) is 0.545. The van der Waals surface area contributed by atoms with Crippen molar-refractivity contribution in [2.75, 3.05) is 13.1 Å². The summed E-state index contributed by atoms with van der Waals surface area (Å²) in [7, 11) is 0. The number of urea groups is 1. The van der Waals surface area contributed by atoms with E-state index in [0.717, 1.165) is 6.42 Å². The molecule has 0 spiro atoms. The van der Waals surface area contributed by atoms with E-state index in [1.165, 1.54) is 10.5 Å². The molecule has 0 aromatic rings. The summed E-state index contributed by atoms with van der Waals surface area (Å²) >= 11 is 0. The Balaban J connectivity index is 2.56. The number of carbonyl (C=O) groups excluding carboxylic acids is 2. The van der Waals surface area contributed by atoms with Gasteiger partial charge in [0.05, 0.1) is 6.42 Å². The van der Waals surface area contributed by atoms with Crippen molar-refractivity contribution in [1.82, 2.24) is 10.2 Å². The highest BCUT2D eigenvalue weighted by molar-refractivity contribution is 5.87. The van der Waals surface area contributed by atoms with Crippen molar-refractivity contribution in [3.8, 4) is 0 Å². The highest BCUT2D eigenvalue weighted by atomic mass is 16.4. The predicted molar refractivity (Wildman–Crippen MR) is 63.7 cm³/mol. The number of amides is 3. The van der Waals surface area contributed by atoms with Gasteiger partial charge < -0.3 is 21.1 Å². The van der Waals surface area contributed by atoms with Gasteiger partial charge in [0.15, 0.2) is 0 Å². The summed E-state index contributed by atoms with van der Waals surface area (Å²) in [6.45, 7) is 2.96. The molecule has 0 aromatic carbocycles. The lowest BCUT2D eigenvalue weighted by Gasteiger charge is -2.27. The van der Waals surface area contributed by atoms with Crippen LogP contribution in [-0.2, 0) is 9.59 Å². The average Bonchev–Trinajstić information content (AvgIpc) is 2.28. The minimum Gasteiger partial charge on any atom is -0.480 e. The molecule has 0 fully saturated rings. The van der Waals surface area contributed by atoms with Gasteiger partial charge in [-0.2, -0.15) is 0 Å². The summed E-state index contributed by atoms with van der Waals surface area (Å²) in [5.41, 5.74) is 6.13. The van der Waals surface area contributed by atoms with E-state index in [1.807, 2.05) is 13.0 Å². The molecule has 7 nitrogen and oxygen atoms in total. The Kier molecular flexibility index (Phi) is 4.70. The number of rotatable bonds is 4. The Hall–Kier alpha value is -2.05. The molecule has 4 N–H and O–H groups in total. The van der Waals surface area contributed by atoms with Gasteiger partial charge in [-0.1, -0.05) is 11.6 Å². The third-order valence-corrected chi connectivity index (χ3v) is 2.72. The molecule has 1 unspecified atom stereocenters. The Labute approximate surface area is 105 Å². The number of aliphatic carboxylic acids is 1. The summed E-state index contributed by atoms with van der Waals surface area (Å²) in [6.07, 6.45) is 2.26. The third kappa shape index (κ3) is 4.08. The Morgan fingerprint density at radius 1 is 1.56 bits per heavy atom. The van der Waals surface area contributed by atoms with Gasteiger partial charge in [0.2, 0.25) is 5.91 Å². The zero-order valence-corrected chi connectivity index (χ0v) is 10.2. The SMILES string of the molecule is CC1=CCN(C(=O)NC(CC(N)=O)C(=O)O)CC1. The van der Waals surface area contributed by atoms with Crippen molar-refractivity contribution in [2.45, 2.75) is 25.8 Å². The summed E-state index contributed by atoms with van der Waals surface area (Å²) in [4.78, 5) is 34.8. The second kappa shape index (κ2) is 6.04. The summed E-state index contributed by atoms with van der Waals surface area (Å²) in [5, 5.41) is 11.1. The van der Waals surface area contributed by atoms with Gasteiger partial charge in [-0.15, -0.1) is 0 Å². The maximum atomic E-state index is 11.8. The van der Waals surface area contributed by atoms with Crippen molar-refractivity contribution >= 4 is 17.9 Å². The molecule has 7 heteroatoms. The van der Waals surface area contributed by atoms with E-state index < -0.39 is 30.4 Å². The molecule has 3 amide bonds. The number of carboxylic acids is 1. The molecule has 1 aliphatic rings. The summed E-state index contributed by atoms with van der Waals surface area (Å²) in [6, 6.07) is -1.77. The standard InChI is InChI=1S/C11H17N3O4/c1-7-2-4-14(5-3-7)11(18)13-8(10(16)17)6-9(12)15/h2,8H,3-6H2,1H3,(H2,12,15)(H,13,18)(H,16,17). The molecular weight excluding hydrogens is 238 g/mol. The zero-order valence-electron chi connectivity index (χ0n) is 10.2. The second-order valence-electron chi connectivity index (χ2n) is 4.26. The first kappa shape index (κ1) is 14.0. The lowest BCUT2D eigenvalue weighted by molar-refractivity contribution is -0.140. The largest absolute Gasteiger partial charge is 0.480 e. The van der Waals surface area contributed by atoms with Crippen LogP contribution in [0.15, 0.2) is 11.6 Å². The zero-order chi connectivity index (χ0) is 13.7. The van der Waals surface area contributed by atoms with Gasteiger partial charge in [-0.05, 0) is 13.3 Å². The summed E-state index contributed by atoms with van der Waals surface area (Å²) in [5.74, 6) is -2.04. The van der Waals surface area contributed by atoms with Crippen LogP contribution < -0.4 is 11.1 Å². The molecule has 1 rings (SSSR count). The van der Waals surface area contributed by atoms with Crippen molar-refractivity contribution in [3.05, 3.63) is 11.6 Å². The monoisotopic (exact) mass is 255 g/mol. The first-order valence-corrected chi connectivity index (χ1v) is 5.62. The highest BCUT2D eigenvalue weighted by Crippen LogP contribution is 2.09. The lowest BCUT2D eigenvalue weighted by Crippen LogP contribution is -2.50. The second-order valence-corrected chi connectivity index (χ2v) is 4.26. The number of nitrogens with zero attached hydrogens (tertiary/aromatic N) is 1. The van der Waals surface area contributed by atoms with Crippen molar-refractivity contribution in [2.24, 2.45) is 5.73 Å². The quantitative estimate of drug-likeness (QED) is 0.597. The van der Waals surface area contributed by atoms with Crippen LogP contribution in [0.2, 0.25) is 0 Å². The average molecular weight is 255 g/mol. The number of nitrogens with two attached hydrogens (primary N) is 1. The fourth-order valence-electron chi connectivity index (χ4n) is 1.60. The van der Waals surface area contributed by atoms with E-state index >= 15 is 0 Å². The van der Waals surface area contributed by atoms with E-state index in [0.29, 0.717) is 13.1 Å². The van der Waals surface area contributed by atoms with Gasteiger partial charge in [0.1, 0.15) is 6.04 Å². The van der Waals surface area contributed by atoms with Crippen LogP contribution in [0.5, 0.6) is 0 Å². The minimum atomic E-state index is -1.28. The number of hydrogen-bond donors (Lipinski definition) is 3. The van der Waals surface area contributed by atoms with E-state index in [1.54, 1.807) is 0 Å². The van der Waals surface area contributed by atoms with Crippen LogP contribution in [0, 0.1) is 0 Å². The van der Waals surface area contributed by atoms with Crippen LogP contribution in [0.4, 0.5) is 4.79 Å². The molecule has 0 aromatic heterocycles. The Morgan fingerprint density at radius 2 is 2.22 bits per heavy atom. The smallest absolute Gasteiger partial charge is 0.326 e. The molecule has 0 aliphatic carbocycles. The number of carbonyl (C=O) groups is 3. The van der Waals surface area contributed by atoms with Crippen LogP contribution in [0.3, 0.4) is 0 Å². The number of carboxylic acid groups (broad SMARTS) is 1. The maximum absolute atomic E-state index is 11.8. The van der Waals surface area contributed by atoms with Crippen molar-refractivity contribution < 1.29 is 19.5 Å². The van der Waals surface area contributed by atoms with Gasteiger partial charge in [0, 0.05) is 13.1 Å². The number of nitrogens with one attached hydrogen (secondary N) is 1. The molecular formula is C11H17N3O4. The van der Waals surface area contributed by atoms with Crippen molar-refractivity contribution in [3.63, 3.8) is 0 Å². The molecule has 100 valence electrons. The maximum Gasteiger partial charge on any atom is 0.326 e. The van der Waals surface area contributed by atoms with Gasteiger partial charge in [0.25, 0.3) is 0 Å². The highest BCUT2D eigenvalue weighted by Gasteiger charge is 2.25. The van der Waals surface area contributed by atoms with Crippen LogP contribution in [0.25, 0.3) is 0 Å². The molecule has 0 saturated heterocycles. The molecule has 1 heterocycles. The van der Waals surface area contributed by atoms with E-state index in [2.05, 4.69) is 5.32 Å². The normalized spacial score (nSPS) is 16.7. The molecule has 1 atom stereocenters. The molecule has 0 bridgehead atoms. The third-order valence-electron chi connectivity index (χ3n) is 2.72. The Bertz CT molecular complexity index is 392. The van der Waals surface area contributed by atoms with Gasteiger partial charge >= 0.3 is 12.0 Å². The van der Waals surface area contributed by atoms with E-state index in [9.17, 15) is 14.4 Å².